The Morgan fingerprint density at radius 1 is 1.07 bits per heavy atom. The van der Waals surface area contributed by atoms with Crippen molar-refractivity contribution in [2.45, 2.75) is 6.54 Å². The Morgan fingerprint density at radius 3 is 2.41 bits per heavy atom. The molecule has 156 valence electrons. The van der Waals surface area contributed by atoms with E-state index in [1.807, 2.05) is 18.2 Å². The van der Waals surface area contributed by atoms with E-state index in [9.17, 15) is 4.79 Å². The highest BCUT2D eigenvalue weighted by atomic mass is 79.9. The number of methoxy groups -OCH3 is 2. The lowest BCUT2D eigenvalue weighted by atomic mass is 10.1. The van der Waals surface area contributed by atoms with Crippen LogP contribution in [-0.2, 0) is 11.3 Å². The van der Waals surface area contributed by atoms with Crippen LogP contribution >= 0.6 is 27.5 Å². The number of nitrogens with one attached hydrogen (secondary N) is 1. The number of piperazine rings is 1. The summed E-state index contributed by atoms with van der Waals surface area (Å²) in [6.07, 6.45) is 0. The van der Waals surface area contributed by atoms with Crippen LogP contribution in [0.15, 0.2) is 40.9 Å². The summed E-state index contributed by atoms with van der Waals surface area (Å²) in [5.74, 6) is 1.37. The van der Waals surface area contributed by atoms with Crippen molar-refractivity contribution in [3.63, 3.8) is 0 Å². The topological polar surface area (TPSA) is 54.0 Å². The molecule has 1 aliphatic rings. The number of nitrogens with zero attached hydrogens (tertiary/aromatic N) is 2. The summed E-state index contributed by atoms with van der Waals surface area (Å²) in [6.45, 7) is 4.61. The van der Waals surface area contributed by atoms with Crippen molar-refractivity contribution in [2.24, 2.45) is 0 Å². The van der Waals surface area contributed by atoms with Crippen LogP contribution < -0.4 is 14.8 Å². The second-order valence-electron chi connectivity index (χ2n) is 6.85. The average molecular weight is 483 g/mol. The molecule has 1 aliphatic heterocycles. The van der Waals surface area contributed by atoms with Crippen LogP contribution in [0.2, 0.25) is 5.02 Å². The van der Waals surface area contributed by atoms with Crippen LogP contribution in [0, 0.1) is 0 Å². The van der Waals surface area contributed by atoms with Gasteiger partial charge in [-0.2, -0.15) is 0 Å². The number of hydrogen-bond donors (Lipinski definition) is 1. The molecule has 0 saturated carbocycles. The molecule has 2 aromatic carbocycles. The molecule has 1 amide bonds. The molecule has 0 aromatic heterocycles. The van der Waals surface area contributed by atoms with Gasteiger partial charge in [0.1, 0.15) is 0 Å². The largest absolute Gasteiger partial charge is 0.493 e. The predicted octanol–water partition coefficient (Wildman–Crippen LogP) is 3.88. The number of rotatable bonds is 7. The molecule has 0 spiro atoms. The molecule has 1 heterocycles. The molecule has 0 aliphatic carbocycles. The summed E-state index contributed by atoms with van der Waals surface area (Å²) in [5.41, 5.74) is 1.80. The highest BCUT2D eigenvalue weighted by Crippen LogP contribution is 2.38. The van der Waals surface area contributed by atoms with Crippen molar-refractivity contribution in [1.29, 1.82) is 0 Å². The van der Waals surface area contributed by atoms with E-state index >= 15 is 0 Å². The molecule has 8 heteroatoms. The number of anilines is 1. The zero-order valence-electron chi connectivity index (χ0n) is 16.6. The van der Waals surface area contributed by atoms with Gasteiger partial charge < -0.3 is 14.8 Å². The molecular weight excluding hydrogens is 458 g/mol. The molecule has 1 fully saturated rings. The minimum atomic E-state index is -0.0471. The van der Waals surface area contributed by atoms with Gasteiger partial charge in [-0.15, -0.1) is 0 Å². The maximum atomic E-state index is 12.3. The molecule has 0 bridgehead atoms. The smallest absolute Gasteiger partial charge is 0.238 e. The van der Waals surface area contributed by atoms with Crippen LogP contribution in [0.3, 0.4) is 0 Å². The summed E-state index contributed by atoms with van der Waals surface area (Å²) >= 11 is 9.74. The van der Waals surface area contributed by atoms with Gasteiger partial charge in [0.05, 0.1) is 35.9 Å². The minimum absolute atomic E-state index is 0.0471. The molecule has 1 N–H and O–H groups in total. The average Bonchev–Trinajstić information content (AvgIpc) is 2.72. The van der Waals surface area contributed by atoms with Crippen molar-refractivity contribution < 1.29 is 14.3 Å². The van der Waals surface area contributed by atoms with E-state index in [4.69, 9.17) is 21.1 Å². The van der Waals surface area contributed by atoms with Crippen molar-refractivity contribution in [1.82, 2.24) is 9.80 Å². The Bertz CT molecular complexity index is 857. The van der Waals surface area contributed by atoms with Gasteiger partial charge in [-0.1, -0.05) is 29.8 Å². The fraction of sp³-hybridized carbons (Fsp3) is 0.381. The third-order valence-corrected chi connectivity index (χ3v) is 6.14. The standard InChI is InChI=1S/C21H25BrClN3O3/c1-28-18-8-7-15(20(22)21(18)29-2)13-25-9-11-26(12-10-25)14-19(27)24-17-6-4-3-5-16(17)23/h3-8H,9-14H2,1-2H3,(H,24,27). The van der Waals surface area contributed by atoms with Gasteiger partial charge in [-0.25, -0.2) is 0 Å². The quantitative estimate of drug-likeness (QED) is 0.649. The van der Waals surface area contributed by atoms with Gasteiger partial charge in [0.25, 0.3) is 0 Å². The molecule has 6 nitrogen and oxygen atoms in total. The second kappa shape index (κ2) is 10.3. The third kappa shape index (κ3) is 5.63. The van der Waals surface area contributed by atoms with Gasteiger partial charge in [0.15, 0.2) is 11.5 Å². The molecule has 0 atom stereocenters. The number of benzene rings is 2. The van der Waals surface area contributed by atoms with Crippen molar-refractivity contribution in [3.8, 4) is 11.5 Å². The number of carbonyl (C=O) groups excluding carboxylic acids is 1. The van der Waals surface area contributed by atoms with Crippen molar-refractivity contribution >= 4 is 39.1 Å². The maximum Gasteiger partial charge on any atom is 0.238 e. The normalized spacial score (nSPS) is 15.2. The Hall–Kier alpha value is -1.80. The number of amides is 1. The van der Waals surface area contributed by atoms with Crippen LogP contribution in [0.1, 0.15) is 5.56 Å². The lowest BCUT2D eigenvalue weighted by Gasteiger charge is -2.34. The first-order chi connectivity index (χ1) is 14.0. The zero-order valence-corrected chi connectivity index (χ0v) is 18.9. The molecule has 3 rings (SSSR count). The van der Waals surface area contributed by atoms with Gasteiger partial charge in [0.2, 0.25) is 5.91 Å². The number of halogens is 2. The maximum absolute atomic E-state index is 12.3. The van der Waals surface area contributed by atoms with Gasteiger partial charge in [0, 0.05) is 32.7 Å². The lowest BCUT2D eigenvalue weighted by molar-refractivity contribution is -0.117. The summed E-state index contributed by atoms with van der Waals surface area (Å²) in [4.78, 5) is 16.9. The van der Waals surface area contributed by atoms with E-state index < -0.39 is 0 Å². The monoisotopic (exact) mass is 481 g/mol. The first-order valence-electron chi connectivity index (χ1n) is 9.40. The van der Waals surface area contributed by atoms with Crippen LogP contribution in [0.5, 0.6) is 11.5 Å². The summed E-state index contributed by atoms with van der Waals surface area (Å²) in [7, 11) is 3.27. The highest BCUT2D eigenvalue weighted by Gasteiger charge is 2.21. The van der Waals surface area contributed by atoms with E-state index in [-0.39, 0.29) is 5.91 Å². The molecule has 29 heavy (non-hydrogen) atoms. The Balaban J connectivity index is 1.51. The van der Waals surface area contributed by atoms with Crippen LogP contribution in [0.4, 0.5) is 5.69 Å². The fourth-order valence-electron chi connectivity index (χ4n) is 3.35. The first kappa shape index (κ1) is 21.9. The molecular formula is C21H25BrClN3O3. The Morgan fingerprint density at radius 2 is 1.76 bits per heavy atom. The Labute approximate surface area is 184 Å². The number of carbonyl (C=O) groups is 1. The van der Waals surface area contributed by atoms with E-state index in [1.165, 1.54) is 0 Å². The van der Waals surface area contributed by atoms with Crippen LogP contribution in [0.25, 0.3) is 0 Å². The van der Waals surface area contributed by atoms with Crippen molar-refractivity contribution in [3.05, 3.63) is 51.5 Å². The fourth-order valence-corrected chi connectivity index (χ4v) is 4.15. The van der Waals surface area contributed by atoms with E-state index in [2.05, 4.69) is 37.1 Å². The number of para-hydroxylation sites is 1. The Kier molecular flexibility index (Phi) is 7.77. The summed E-state index contributed by atoms with van der Waals surface area (Å²) in [6, 6.07) is 11.2. The molecule has 0 radical (unpaired) electrons. The van der Waals surface area contributed by atoms with E-state index in [0.717, 1.165) is 42.8 Å². The summed E-state index contributed by atoms with van der Waals surface area (Å²) < 4.78 is 11.7. The highest BCUT2D eigenvalue weighted by molar-refractivity contribution is 9.10. The second-order valence-corrected chi connectivity index (χ2v) is 8.05. The molecule has 0 unspecified atom stereocenters. The number of hydrogen-bond acceptors (Lipinski definition) is 5. The predicted molar refractivity (Wildman–Crippen MR) is 119 cm³/mol. The third-order valence-electron chi connectivity index (χ3n) is 4.94. The SMILES string of the molecule is COc1ccc(CN2CCN(CC(=O)Nc3ccccc3Cl)CC2)c(Br)c1OC. The minimum Gasteiger partial charge on any atom is -0.493 e. The van der Waals surface area contributed by atoms with Gasteiger partial charge in [-0.05, 0) is 39.7 Å². The molecule has 1 saturated heterocycles. The van der Waals surface area contributed by atoms with Gasteiger partial charge >= 0.3 is 0 Å². The number of ether oxygens (including phenoxy) is 2. The van der Waals surface area contributed by atoms with E-state index in [0.29, 0.717) is 28.8 Å². The first-order valence-corrected chi connectivity index (χ1v) is 10.6. The zero-order chi connectivity index (χ0) is 20.8. The molecule has 2 aromatic rings. The van der Waals surface area contributed by atoms with Crippen LogP contribution in [-0.4, -0.2) is 62.7 Å². The van der Waals surface area contributed by atoms with E-state index in [1.54, 1.807) is 26.4 Å². The lowest BCUT2D eigenvalue weighted by Crippen LogP contribution is -2.48. The van der Waals surface area contributed by atoms with Crippen molar-refractivity contribution in [2.75, 3.05) is 52.3 Å². The summed E-state index contributed by atoms with van der Waals surface area (Å²) in [5, 5.41) is 3.43. The van der Waals surface area contributed by atoms with Gasteiger partial charge in [-0.3, -0.25) is 14.6 Å².